The average Bonchev–Trinajstić information content (AvgIpc) is 3.28. The van der Waals surface area contributed by atoms with Crippen molar-refractivity contribution >= 4 is 0 Å². The molecule has 0 unspecified atom stereocenters. The first kappa shape index (κ1) is 15.1. The second-order valence-electron chi connectivity index (χ2n) is 5.87. The van der Waals surface area contributed by atoms with Crippen LogP contribution in [-0.2, 0) is 22.6 Å². The number of hydrogen-bond donors (Lipinski definition) is 0. The Balaban J connectivity index is 1.54. The van der Waals surface area contributed by atoms with Gasteiger partial charge in [-0.1, -0.05) is 18.2 Å². The van der Waals surface area contributed by atoms with Gasteiger partial charge in [-0.3, -0.25) is 4.68 Å². The molecule has 1 saturated heterocycles. The van der Waals surface area contributed by atoms with Gasteiger partial charge in [0.15, 0.2) is 0 Å². The van der Waals surface area contributed by atoms with Crippen LogP contribution >= 0.6 is 0 Å². The van der Waals surface area contributed by atoms with Crippen LogP contribution in [0.1, 0.15) is 5.56 Å². The Kier molecular flexibility index (Phi) is 4.40. The molecule has 124 valence electrons. The summed E-state index contributed by atoms with van der Waals surface area (Å²) in [6.45, 7) is 3.48. The molecular weight excluding hydrogens is 304 g/mol. The van der Waals surface area contributed by atoms with Crippen molar-refractivity contribution in [2.24, 2.45) is 0 Å². The van der Waals surface area contributed by atoms with Gasteiger partial charge in [-0.15, -0.1) is 0 Å². The lowest BCUT2D eigenvalue weighted by Crippen LogP contribution is -2.32. The van der Waals surface area contributed by atoms with E-state index in [-0.39, 0.29) is 6.10 Å². The van der Waals surface area contributed by atoms with Crippen LogP contribution < -0.4 is 0 Å². The second kappa shape index (κ2) is 6.98. The summed E-state index contributed by atoms with van der Waals surface area (Å²) in [4.78, 5) is 4.53. The number of imidazole rings is 1. The molecule has 24 heavy (non-hydrogen) atoms. The van der Waals surface area contributed by atoms with Gasteiger partial charge in [-0.2, -0.15) is 5.10 Å². The maximum absolute atomic E-state index is 5.75. The Hall–Kier alpha value is -2.44. The summed E-state index contributed by atoms with van der Waals surface area (Å²) in [6.07, 6.45) is 7.67. The molecule has 3 heterocycles. The Bertz CT molecular complexity index is 776. The smallest absolute Gasteiger partial charge is 0.139 e. The number of nitrogens with zero attached hydrogens (tertiary/aromatic N) is 4. The number of rotatable bonds is 5. The van der Waals surface area contributed by atoms with Gasteiger partial charge in [-0.25, -0.2) is 4.98 Å². The van der Waals surface area contributed by atoms with Crippen molar-refractivity contribution in [2.75, 3.05) is 19.8 Å². The van der Waals surface area contributed by atoms with Gasteiger partial charge < -0.3 is 14.0 Å². The van der Waals surface area contributed by atoms with Crippen LogP contribution in [0.4, 0.5) is 0 Å². The van der Waals surface area contributed by atoms with Crippen molar-refractivity contribution in [1.82, 2.24) is 19.3 Å². The van der Waals surface area contributed by atoms with E-state index in [0.717, 1.165) is 24.5 Å². The summed E-state index contributed by atoms with van der Waals surface area (Å²) in [5.74, 6) is 0.950. The Morgan fingerprint density at radius 1 is 1.12 bits per heavy atom. The maximum Gasteiger partial charge on any atom is 0.139 e. The van der Waals surface area contributed by atoms with E-state index >= 15 is 0 Å². The predicted molar refractivity (Wildman–Crippen MR) is 89.6 cm³/mol. The fourth-order valence-electron chi connectivity index (χ4n) is 2.97. The van der Waals surface area contributed by atoms with E-state index in [1.54, 1.807) is 6.20 Å². The molecule has 0 aliphatic carbocycles. The van der Waals surface area contributed by atoms with Gasteiger partial charge >= 0.3 is 0 Å². The summed E-state index contributed by atoms with van der Waals surface area (Å²) in [7, 11) is 0. The average molecular weight is 324 g/mol. The molecule has 0 amide bonds. The zero-order valence-corrected chi connectivity index (χ0v) is 13.4. The first-order valence-electron chi connectivity index (χ1n) is 8.16. The first-order valence-corrected chi connectivity index (χ1v) is 8.16. The summed E-state index contributed by atoms with van der Waals surface area (Å²) < 4.78 is 15.3. The van der Waals surface area contributed by atoms with Gasteiger partial charge in [-0.05, 0) is 17.7 Å². The van der Waals surface area contributed by atoms with E-state index in [2.05, 4.69) is 38.9 Å². The second-order valence-corrected chi connectivity index (χ2v) is 5.87. The SMILES string of the molecule is c1cc(Cn2cccn2)cc(-c2nccn2C[C@@H]2COCCO2)c1. The summed E-state index contributed by atoms with van der Waals surface area (Å²) in [5.41, 5.74) is 2.30. The van der Waals surface area contributed by atoms with Gasteiger partial charge in [0, 0.05) is 30.4 Å². The molecule has 1 aliphatic rings. The third-order valence-electron chi connectivity index (χ3n) is 4.09. The van der Waals surface area contributed by atoms with Crippen LogP contribution in [0.2, 0.25) is 0 Å². The van der Waals surface area contributed by atoms with Crippen molar-refractivity contribution in [3.8, 4) is 11.4 Å². The number of benzene rings is 1. The minimum absolute atomic E-state index is 0.0824. The molecular formula is C18H20N4O2. The van der Waals surface area contributed by atoms with Crippen molar-refractivity contribution < 1.29 is 9.47 Å². The van der Waals surface area contributed by atoms with E-state index in [1.807, 2.05) is 29.3 Å². The lowest BCUT2D eigenvalue weighted by molar-refractivity contribution is -0.0934. The Labute approximate surface area is 140 Å². The molecule has 0 saturated carbocycles. The third-order valence-corrected chi connectivity index (χ3v) is 4.09. The van der Waals surface area contributed by atoms with Crippen LogP contribution in [0.15, 0.2) is 55.1 Å². The molecule has 1 aliphatic heterocycles. The molecule has 1 aromatic carbocycles. The van der Waals surface area contributed by atoms with Crippen LogP contribution in [0, 0.1) is 0 Å². The van der Waals surface area contributed by atoms with Crippen LogP contribution in [-0.4, -0.2) is 45.3 Å². The Morgan fingerprint density at radius 2 is 2.12 bits per heavy atom. The molecule has 1 fully saturated rings. The molecule has 4 rings (SSSR count). The van der Waals surface area contributed by atoms with Gasteiger partial charge in [0.25, 0.3) is 0 Å². The van der Waals surface area contributed by atoms with Crippen molar-refractivity contribution in [3.05, 3.63) is 60.7 Å². The molecule has 3 aromatic rings. The Morgan fingerprint density at radius 3 is 2.96 bits per heavy atom. The first-order chi connectivity index (χ1) is 11.9. The summed E-state index contributed by atoms with van der Waals surface area (Å²) >= 11 is 0. The molecule has 6 nitrogen and oxygen atoms in total. The van der Waals surface area contributed by atoms with E-state index in [4.69, 9.17) is 9.47 Å². The van der Waals surface area contributed by atoms with Gasteiger partial charge in [0.05, 0.1) is 39.0 Å². The minimum Gasteiger partial charge on any atom is -0.376 e. The normalized spacial score (nSPS) is 17.9. The molecule has 0 N–H and O–H groups in total. The lowest BCUT2D eigenvalue weighted by Gasteiger charge is -2.24. The fourth-order valence-corrected chi connectivity index (χ4v) is 2.97. The van der Waals surface area contributed by atoms with Crippen molar-refractivity contribution in [1.29, 1.82) is 0 Å². The molecule has 1 atom stereocenters. The topological polar surface area (TPSA) is 54.1 Å². The van der Waals surface area contributed by atoms with Gasteiger partial charge in [0.1, 0.15) is 5.82 Å². The maximum atomic E-state index is 5.75. The zero-order valence-electron chi connectivity index (χ0n) is 13.4. The lowest BCUT2D eigenvalue weighted by atomic mass is 10.1. The highest BCUT2D eigenvalue weighted by Crippen LogP contribution is 2.20. The van der Waals surface area contributed by atoms with Crippen LogP contribution in [0.5, 0.6) is 0 Å². The van der Waals surface area contributed by atoms with E-state index in [0.29, 0.717) is 19.8 Å². The molecule has 6 heteroatoms. The molecule has 0 radical (unpaired) electrons. The largest absolute Gasteiger partial charge is 0.376 e. The quantitative estimate of drug-likeness (QED) is 0.722. The van der Waals surface area contributed by atoms with E-state index < -0.39 is 0 Å². The van der Waals surface area contributed by atoms with Crippen LogP contribution in [0.3, 0.4) is 0 Å². The van der Waals surface area contributed by atoms with E-state index in [1.165, 1.54) is 5.56 Å². The van der Waals surface area contributed by atoms with Gasteiger partial charge in [0.2, 0.25) is 0 Å². The molecule has 0 bridgehead atoms. The van der Waals surface area contributed by atoms with Crippen molar-refractivity contribution in [2.45, 2.75) is 19.2 Å². The summed E-state index contributed by atoms with van der Waals surface area (Å²) in [5, 5.41) is 4.26. The standard InChI is InChI=1S/C18H20N4O2/c1-3-15(12-22-7-2-5-20-22)11-16(4-1)18-19-6-8-21(18)13-17-14-23-9-10-24-17/h1-8,11,17H,9-10,12-14H2/t17-/m1/s1. The number of aromatic nitrogens is 4. The number of hydrogen-bond acceptors (Lipinski definition) is 4. The zero-order chi connectivity index (χ0) is 16.2. The highest BCUT2D eigenvalue weighted by atomic mass is 16.6. The number of ether oxygens (including phenoxy) is 2. The highest BCUT2D eigenvalue weighted by Gasteiger charge is 2.17. The van der Waals surface area contributed by atoms with Crippen molar-refractivity contribution in [3.63, 3.8) is 0 Å². The monoisotopic (exact) mass is 324 g/mol. The minimum atomic E-state index is 0.0824. The fraction of sp³-hybridized carbons (Fsp3) is 0.333. The summed E-state index contributed by atoms with van der Waals surface area (Å²) in [6, 6.07) is 10.4. The highest BCUT2D eigenvalue weighted by molar-refractivity contribution is 5.56. The van der Waals surface area contributed by atoms with E-state index in [9.17, 15) is 0 Å². The third kappa shape index (κ3) is 3.39. The predicted octanol–water partition coefficient (Wildman–Crippen LogP) is 2.21. The molecule has 2 aromatic heterocycles. The van der Waals surface area contributed by atoms with Crippen LogP contribution in [0.25, 0.3) is 11.4 Å². The molecule has 0 spiro atoms.